The quantitative estimate of drug-likeness (QED) is 0.681. The van der Waals surface area contributed by atoms with Gasteiger partial charge in [0.05, 0.1) is 0 Å². The van der Waals surface area contributed by atoms with E-state index in [1.54, 1.807) is 24.3 Å². The van der Waals surface area contributed by atoms with Crippen LogP contribution in [0.4, 0.5) is 10.5 Å². The van der Waals surface area contributed by atoms with E-state index in [0.717, 1.165) is 0 Å². The van der Waals surface area contributed by atoms with Crippen LogP contribution in [0.1, 0.15) is 6.92 Å². The molecule has 0 heterocycles. The Kier molecular flexibility index (Phi) is 8.32. The van der Waals surface area contributed by atoms with Gasteiger partial charge < -0.3 is 11.0 Å². The van der Waals surface area contributed by atoms with Crippen molar-refractivity contribution in [3.63, 3.8) is 0 Å². The largest absolute Gasteiger partial charge is 0.870 e. The average molecular weight is 208 g/mol. The molecule has 0 aliphatic rings. The molecule has 0 saturated heterocycles. The van der Waals surface area contributed by atoms with Gasteiger partial charge >= 0.3 is 78.2 Å². The van der Waals surface area contributed by atoms with Crippen LogP contribution in [0.15, 0.2) is 24.3 Å². The molecule has 0 aromatic heterocycles. The normalized spacial score (nSPS) is 8.20. The van der Waals surface area contributed by atoms with Crippen molar-refractivity contribution in [1.29, 1.82) is 0 Å². The molecule has 0 fully saturated rings. The summed E-state index contributed by atoms with van der Waals surface area (Å²) < 4.78 is 0. The summed E-state index contributed by atoms with van der Waals surface area (Å²) in [4.78, 5) is 11.1. The fourth-order valence-electron chi connectivity index (χ4n) is 0.952. The molecule has 0 saturated carbocycles. The van der Waals surface area contributed by atoms with E-state index in [9.17, 15) is 4.79 Å². The Hall–Kier alpha value is -1.53. The van der Waals surface area contributed by atoms with Crippen LogP contribution < -0.4 is 16.1 Å². The third kappa shape index (κ3) is 5.72. The number of hydrogen-bond acceptors (Lipinski definition) is 3. The monoisotopic (exact) mass is 208 g/mol. The number of nitrogens with one attached hydrogen (secondary N) is 2. The Balaban J connectivity index is 0. The second kappa shape index (κ2) is 7.84. The Labute approximate surface area is 89.9 Å². The van der Waals surface area contributed by atoms with E-state index in [1.165, 1.54) is 0 Å². The number of anilines is 1. The van der Waals surface area contributed by atoms with Gasteiger partial charge in [0.1, 0.15) is 0 Å². The van der Waals surface area contributed by atoms with Crippen LogP contribution in [0.5, 0.6) is 0 Å². The number of urea groups is 1. The molecule has 4 N–H and O–H groups in total. The Morgan fingerprint density at radius 2 is 2.07 bits per heavy atom. The van der Waals surface area contributed by atoms with Crippen LogP contribution in [0, 0.1) is 0 Å². The van der Waals surface area contributed by atoms with E-state index < -0.39 is 0 Å². The summed E-state index contributed by atoms with van der Waals surface area (Å²) in [5, 5.41) is 5.28. The van der Waals surface area contributed by atoms with Crippen molar-refractivity contribution in [1.82, 2.24) is 5.32 Å². The topological polar surface area (TPSA) is 101 Å². The van der Waals surface area contributed by atoms with Gasteiger partial charge in [0.15, 0.2) is 0 Å². The Morgan fingerprint density at radius 3 is 2.60 bits per heavy atom. The molecule has 0 unspecified atom stereocenters. The summed E-state index contributed by atoms with van der Waals surface area (Å²) >= 11 is 0. The van der Waals surface area contributed by atoms with Crippen molar-refractivity contribution in [2.45, 2.75) is 6.92 Å². The summed E-state index contributed by atoms with van der Waals surface area (Å²) in [5.74, 6) is 0. The molecule has 5 nitrogen and oxygen atoms in total. The zero-order valence-electron chi connectivity index (χ0n) is 8.40. The molecule has 0 radical (unpaired) electrons. The molecule has 0 spiro atoms. The summed E-state index contributed by atoms with van der Waals surface area (Å²) in [6.45, 7) is 2.47. The van der Waals surface area contributed by atoms with E-state index in [1.807, 2.05) is 6.92 Å². The van der Waals surface area contributed by atoms with E-state index >= 15 is 0 Å². The first-order valence-corrected chi connectivity index (χ1v) is 4.12. The molecule has 15 heavy (non-hydrogen) atoms. The smallest absolute Gasteiger partial charge is 0.870 e. The first kappa shape index (κ1) is 15.9. The first-order chi connectivity index (χ1) is 6.22. The Bertz CT molecular complexity index is 307. The van der Waals surface area contributed by atoms with E-state index in [0.29, 0.717) is 17.7 Å². The molecule has 0 aliphatic carbocycles. The number of carbonyl (C=O) groups excluding carboxylic acids is 1. The predicted octanol–water partition coefficient (Wildman–Crippen LogP) is 0.268. The van der Waals surface area contributed by atoms with Crippen molar-refractivity contribution >= 4 is 25.0 Å². The second-order valence-electron chi connectivity index (χ2n) is 2.61. The van der Waals surface area contributed by atoms with Crippen molar-refractivity contribution in [2.75, 3.05) is 11.9 Å². The van der Waals surface area contributed by atoms with Crippen LogP contribution in [-0.2, 0) is 0 Å². The number of rotatable bonds is 2. The number of carbonyl (C=O) groups is 1. The standard InChI is InChI=1S/C9H11BN2O.2H2O/c1-2-11-9(13)12-8-5-3-4-7(10)6-8;;/h3-6H,2H2,1H3,(H2,11,12,13);2*1H2/q+2;;/p-2. The van der Waals surface area contributed by atoms with Gasteiger partial charge in [-0.15, -0.1) is 0 Å². The van der Waals surface area contributed by atoms with Crippen LogP contribution in [-0.4, -0.2) is 31.4 Å². The fraction of sp³-hybridized carbons (Fsp3) is 0.222. The maximum absolute atomic E-state index is 11.1. The Morgan fingerprint density at radius 1 is 1.40 bits per heavy atom. The van der Waals surface area contributed by atoms with Gasteiger partial charge in [-0.1, -0.05) is 0 Å². The first-order valence-electron chi connectivity index (χ1n) is 4.12. The van der Waals surface area contributed by atoms with Gasteiger partial charge in [-0.05, 0) is 0 Å². The third-order valence-corrected chi connectivity index (χ3v) is 1.48. The van der Waals surface area contributed by atoms with Crippen LogP contribution in [0.3, 0.4) is 0 Å². The molecular weight excluding hydrogens is 195 g/mol. The third-order valence-electron chi connectivity index (χ3n) is 1.48. The molecule has 1 rings (SSSR count). The van der Waals surface area contributed by atoms with Crippen LogP contribution in [0.2, 0.25) is 0 Å². The summed E-state index contributed by atoms with van der Waals surface area (Å²) in [5.41, 5.74) is 1.33. The molecule has 0 aliphatic heterocycles. The van der Waals surface area contributed by atoms with Gasteiger partial charge in [0.25, 0.3) is 0 Å². The molecule has 2 amide bonds. The van der Waals surface area contributed by atoms with Crippen molar-refractivity contribution in [3.05, 3.63) is 24.3 Å². The zero-order chi connectivity index (χ0) is 9.68. The molecule has 6 heteroatoms. The molecule has 0 atom stereocenters. The van der Waals surface area contributed by atoms with Gasteiger partial charge in [-0.3, -0.25) is 0 Å². The molecular formula is C9H13BN2O3. The summed E-state index contributed by atoms with van der Waals surface area (Å²) in [7, 11) is 5.54. The van der Waals surface area contributed by atoms with E-state index in [4.69, 9.17) is 7.85 Å². The SMILES string of the molecule is [B+2]c1cccc(NC(=O)NCC)c1.[OH-].[OH-]. The van der Waals surface area contributed by atoms with E-state index in [-0.39, 0.29) is 17.0 Å². The molecule has 0 bridgehead atoms. The maximum Gasteiger partial charge on any atom is -0.870 e. The van der Waals surface area contributed by atoms with Crippen molar-refractivity contribution < 1.29 is 15.7 Å². The zero-order valence-corrected chi connectivity index (χ0v) is 8.40. The minimum atomic E-state index is -0.215. The number of hydrogen-bond donors (Lipinski definition) is 2. The minimum absolute atomic E-state index is 0. The summed E-state index contributed by atoms with van der Waals surface area (Å²) in [6, 6.07) is 6.83. The van der Waals surface area contributed by atoms with Crippen molar-refractivity contribution in [3.8, 4) is 0 Å². The number of benzene rings is 1. The minimum Gasteiger partial charge on any atom is -0.870 e. The van der Waals surface area contributed by atoms with Crippen molar-refractivity contribution in [2.24, 2.45) is 0 Å². The van der Waals surface area contributed by atoms with Gasteiger partial charge in [0.2, 0.25) is 0 Å². The molecule has 1 aromatic rings. The summed E-state index contributed by atoms with van der Waals surface area (Å²) in [6.07, 6.45) is 0. The molecule has 1 aromatic carbocycles. The fourth-order valence-corrected chi connectivity index (χ4v) is 0.952. The van der Waals surface area contributed by atoms with Crippen LogP contribution >= 0.6 is 0 Å². The van der Waals surface area contributed by atoms with Gasteiger partial charge in [-0.2, -0.15) is 0 Å². The van der Waals surface area contributed by atoms with Gasteiger partial charge in [0, 0.05) is 0 Å². The predicted molar refractivity (Wildman–Crippen MR) is 58.4 cm³/mol. The molecule has 80 valence electrons. The second-order valence-corrected chi connectivity index (χ2v) is 2.61. The van der Waals surface area contributed by atoms with Crippen LogP contribution in [0.25, 0.3) is 0 Å². The van der Waals surface area contributed by atoms with E-state index in [2.05, 4.69) is 10.6 Å². The number of amides is 2. The van der Waals surface area contributed by atoms with Gasteiger partial charge in [-0.25, -0.2) is 0 Å². The maximum atomic E-state index is 11.1. The average Bonchev–Trinajstić information content (AvgIpc) is 2.04.